The molecule has 1 heterocycles. The van der Waals surface area contributed by atoms with Gasteiger partial charge in [-0.2, -0.15) is 0 Å². The summed E-state index contributed by atoms with van der Waals surface area (Å²) >= 11 is 0. The van der Waals surface area contributed by atoms with Crippen molar-refractivity contribution in [3.05, 3.63) is 48.2 Å². The SMILES string of the molecule is CC(C)C[NH2+]Cc1ccc(-c2ccccc2)o1. The van der Waals surface area contributed by atoms with Crippen molar-refractivity contribution in [2.75, 3.05) is 6.54 Å². The molecule has 2 N–H and O–H groups in total. The third-order valence-corrected chi connectivity index (χ3v) is 2.70. The largest absolute Gasteiger partial charge is 0.455 e. The Bertz CT molecular complexity index is 445. The van der Waals surface area contributed by atoms with Crippen molar-refractivity contribution in [3.63, 3.8) is 0 Å². The lowest BCUT2D eigenvalue weighted by atomic mass is 10.2. The fourth-order valence-electron chi connectivity index (χ4n) is 1.80. The molecule has 2 heteroatoms. The molecule has 0 aliphatic rings. The number of furan rings is 1. The standard InChI is InChI=1S/C15H19NO/c1-12(2)10-16-11-14-8-9-15(17-14)13-6-4-3-5-7-13/h3-9,12,16H,10-11H2,1-2H3/p+1. The molecule has 0 saturated carbocycles. The van der Waals surface area contributed by atoms with Crippen molar-refractivity contribution in [2.45, 2.75) is 20.4 Å². The highest BCUT2D eigenvalue weighted by Crippen LogP contribution is 2.21. The summed E-state index contributed by atoms with van der Waals surface area (Å²) in [5.41, 5.74) is 1.14. The molecule has 1 aromatic heterocycles. The van der Waals surface area contributed by atoms with E-state index in [4.69, 9.17) is 4.42 Å². The molecule has 0 spiro atoms. The molecular weight excluding hydrogens is 210 g/mol. The molecule has 0 unspecified atom stereocenters. The van der Waals surface area contributed by atoms with E-state index in [1.54, 1.807) is 0 Å². The zero-order chi connectivity index (χ0) is 12.1. The third kappa shape index (κ3) is 3.46. The van der Waals surface area contributed by atoms with E-state index in [2.05, 4.69) is 37.4 Å². The molecule has 0 bridgehead atoms. The van der Waals surface area contributed by atoms with Crippen molar-refractivity contribution >= 4 is 0 Å². The van der Waals surface area contributed by atoms with Gasteiger partial charge in [-0.3, -0.25) is 0 Å². The summed E-state index contributed by atoms with van der Waals surface area (Å²) in [5.74, 6) is 2.72. The highest BCUT2D eigenvalue weighted by molar-refractivity contribution is 5.57. The molecular formula is C15H20NO+. The number of benzene rings is 1. The van der Waals surface area contributed by atoms with Crippen molar-refractivity contribution in [1.82, 2.24) is 0 Å². The Balaban J connectivity index is 1.97. The van der Waals surface area contributed by atoms with Gasteiger partial charge in [0.1, 0.15) is 12.3 Å². The molecule has 0 fully saturated rings. The van der Waals surface area contributed by atoms with E-state index < -0.39 is 0 Å². The maximum absolute atomic E-state index is 5.82. The van der Waals surface area contributed by atoms with Gasteiger partial charge in [0.05, 0.1) is 6.54 Å². The number of nitrogens with two attached hydrogens (primary N) is 1. The highest BCUT2D eigenvalue weighted by Gasteiger charge is 2.05. The van der Waals surface area contributed by atoms with E-state index in [0.29, 0.717) is 0 Å². The van der Waals surface area contributed by atoms with E-state index in [0.717, 1.165) is 36.1 Å². The summed E-state index contributed by atoms with van der Waals surface area (Å²) in [6.07, 6.45) is 0. The van der Waals surface area contributed by atoms with Crippen LogP contribution in [0.25, 0.3) is 11.3 Å². The Hall–Kier alpha value is -1.54. The van der Waals surface area contributed by atoms with Crippen LogP contribution in [0.15, 0.2) is 46.9 Å². The average molecular weight is 230 g/mol. The summed E-state index contributed by atoms with van der Waals surface area (Å²) in [6.45, 7) is 6.52. The minimum absolute atomic E-state index is 0.721. The highest BCUT2D eigenvalue weighted by atomic mass is 16.3. The second-order valence-electron chi connectivity index (χ2n) is 4.75. The fourth-order valence-corrected chi connectivity index (χ4v) is 1.80. The number of quaternary nitrogens is 1. The maximum Gasteiger partial charge on any atom is 0.158 e. The quantitative estimate of drug-likeness (QED) is 0.840. The van der Waals surface area contributed by atoms with Crippen LogP contribution in [0.3, 0.4) is 0 Å². The lowest BCUT2D eigenvalue weighted by molar-refractivity contribution is -0.676. The lowest BCUT2D eigenvalue weighted by Gasteiger charge is -2.02. The van der Waals surface area contributed by atoms with Gasteiger partial charge in [-0.05, 0) is 12.1 Å². The van der Waals surface area contributed by atoms with Gasteiger partial charge in [0.25, 0.3) is 0 Å². The van der Waals surface area contributed by atoms with Crippen molar-refractivity contribution < 1.29 is 9.73 Å². The first kappa shape index (κ1) is 11.9. The first-order chi connectivity index (χ1) is 8.25. The molecule has 2 aromatic rings. The van der Waals surface area contributed by atoms with Crippen molar-refractivity contribution in [2.24, 2.45) is 5.92 Å². The molecule has 2 rings (SSSR count). The Morgan fingerprint density at radius 3 is 2.53 bits per heavy atom. The van der Waals surface area contributed by atoms with Gasteiger partial charge in [-0.1, -0.05) is 44.2 Å². The first-order valence-corrected chi connectivity index (χ1v) is 6.21. The fraction of sp³-hybridized carbons (Fsp3) is 0.333. The predicted octanol–water partition coefficient (Wildman–Crippen LogP) is 2.67. The Morgan fingerprint density at radius 2 is 1.82 bits per heavy atom. The Kier molecular flexibility index (Phi) is 3.99. The molecule has 0 saturated heterocycles. The minimum Gasteiger partial charge on any atom is -0.455 e. The molecule has 2 nitrogen and oxygen atoms in total. The van der Waals surface area contributed by atoms with Crippen LogP contribution in [0.1, 0.15) is 19.6 Å². The molecule has 90 valence electrons. The maximum atomic E-state index is 5.82. The first-order valence-electron chi connectivity index (χ1n) is 6.21. The van der Waals surface area contributed by atoms with Gasteiger partial charge >= 0.3 is 0 Å². The summed E-state index contributed by atoms with van der Waals surface area (Å²) in [4.78, 5) is 0. The predicted molar refractivity (Wildman–Crippen MR) is 69.5 cm³/mol. The van der Waals surface area contributed by atoms with Crippen LogP contribution in [-0.4, -0.2) is 6.54 Å². The molecule has 0 atom stereocenters. The van der Waals surface area contributed by atoms with Gasteiger partial charge in [0.2, 0.25) is 0 Å². The van der Waals surface area contributed by atoms with Gasteiger partial charge in [-0.15, -0.1) is 0 Å². The van der Waals surface area contributed by atoms with E-state index in [1.807, 2.05) is 24.3 Å². The summed E-state index contributed by atoms with van der Waals surface area (Å²) in [5, 5.41) is 2.29. The van der Waals surface area contributed by atoms with Gasteiger partial charge in [0.15, 0.2) is 5.76 Å². The molecule has 0 radical (unpaired) electrons. The zero-order valence-electron chi connectivity index (χ0n) is 10.5. The van der Waals surface area contributed by atoms with Crippen LogP contribution in [0.5, 0.6) is 0 Å². The van der Waals surface area contributed by atoms with Gasteiger partial charge < -0.3 is 9.73 Å². The number of hydrogen-bond donors (Lipinski definition) is 1. The molecule has 1 aromatic carbocycles. The molecule has 0 aliphatic carbocycles. The molecule has 17 heavy (non-hydrogen) atoms. The average Bonchev–Trinajstić information content (AvgIpc) is 2.78. The van der Waals surface area contributed by atoms with Crippen LogP contribution >= 0.6 is 0 Å². The van der Waals surface area contributed by atoms with E-state index in [9.17, 15) is 0 Å². The lowest BCUT2D eigenvalue weighted by Crippen LogP contribution is -2.83. The summed E-state index contributed by atoms with van der Waals surface area (Å²) < 4.78 is 5.82. The smallest absolute Gasteiger partial charge is 0.158 e. The van der Waals surface area contributed by atoms with Gasteiger partial charge in [-0.25, -0.2) is 0 Å². The zero-order valence-corrected chi connectivity index (χ0v) is 10.5. The van der Waals surface area contributed by atoms with Crippen LogP contribution in [0.4, 0.5) is 0 Å². The topological polar surface area (TPSA) is 29.8 Å². The Labute approximate surface area is 103 Å². The van der Waals surface area contributed by atoms with Crippen LogP contribution < -0.4 is 5.32 Å². The molecule has 0 aliphatic heterocycles. The van der Waals surface area contributed by atoms with E-state index in [1.165, 1.54) is 0 Å². The summed E-state index contributed by atoms with van der Waals surface area (Å²) in [6, 6.07) is 14.3. The minimum atomic E-state index is 0.721. The Morgan fingerprint density at radius 1 is 1.06 bits per heavy atom. The van der Waals surface area contributed by atoms with E-state index in [-0.39, 0.29) is 0 Å². The van der Waals surface area contributed by atoms with Crippen LogP contribution in [-0.2, 0) is 6.54 Å². The van der Waals surface area contributed by atoms with Crippen molar-refractivity contribution in [1.29, 1.82) is 0 Å². The second-order valence-corrected chi connectivity index (χ2v) is 4.75. The van der Waals surface area contributed by atoms with E-state index >= 15 is 0 Å². The van der Waals surface area contributed by atoms with Crippen molar-refractivity contribution in [3.8, 4) is 11.3 Å². The summed E-state index contributed by atoms with van der Waals surface area (Å²) in [7, 11) is 0. The molecule has 0 amide bonds. The van der Waals surface area contributed by atoms with Crippen LogP contribution in [0, 0.1) is 5.92 Å². The normalized spacial score (nSPS) is 11.0. The number of hydrogen-bond acceptors (Lipinski definition) is 1. The monoisotopic (exact) mass is 230 g/mol. The van der Waals surface area contributed by atoms with Gasteiger partial charge in [0, 0.05) is 11.5 Å². The van der Waals surface area contributed by atoms with Crippen LogP contribution in [0.2, 0.25) is 0 Å². The third-order valence-electron chi connectivity index (χ3n) is 2.70. The second kappa shape index (κ2) is 5.69. The number of rotatable bonds is 5.